The molecular weight excluding hydrogens is 244 g/mol. The molecule has 3 rings (SSSR count). The fraction of sp³-hybridized carbons (Fsp3) is 1.00. The van der Waals surface area contributed by atoms with Crippen LogP contribution in [0.2, 0.25) is 0 Å². The molecule has 0 aromatic rings. The Hall–Kier alpha value is -0.0800. The van der Waals surface area contributed by atoms with E-state index in [-0.39, 0.29) is 11.1 Å². The Morgan fingerprint density at radius 3 is 2.10 bits per heavy atom. The molecule has 3 unspecified atom stereocenters. The van der Waals surface area contributed by atoms with Crippen molar-refractivity contribution in [2.24, 2.45) is 11.8 Å². The number of fused-ring (bicyclic) bond motifs is 1. The van der Waals surface area contributed by atoms with Gasteiger partial charge in [-0.3, -0.25) is 0 Å². The number of nitrogens with one attached hydrogen (secondary N) is 2. The van der Waals surface area contributed by atoms with Crippen molar-refractivity contribution in [3.63, 3.8) is 0 Å². The highest BCUT2D eigenvalue weighted by Gasteiger charge is 2.41. The summed E-state index contributed by atoms with van der Waals surface area (Å²) in [6, 6.07) is 1.51. The van der Waals surface area contributed by atoms with Crippen molar-refractivity contribution < 1.29 is 0 Å². The van der Waals surface area contributed by atoms with Gasteiger partial charge < -0.3 is 10.6 Å². The van der Waals surface area contributed by atoms with Gasteiger partial charge in [0.05, 0.1) is 0 Å². The van der Waals surface area contributed by atoms with E-state index < -0.39 is 0 Å². The molecule has 3 aliphatic rings. The van der Waals surface area contributed by atoms with E-state index in [4.69, 9.17) is 0 Å². The molecule has 0 aromatic carbocycles. The molecule has 0 radical (unpaired) electrons. The van der Waals surface area contributed by atoms with E-state index in [1.165, 1.54) is 51.4 Å². The number of hydrogen-bond donors (Lipinski definition) is 2. The third-order valence-corrected chi connectivity index (χ3v) is 5.96. The summed E-state index contributed by atoms with van der Waals surface area (Å²) < 4.78 is 0. The van der Waals surface area contributed by atoms with Gasteiger partial charge in [-0.05, 0) is 65.2 Å². The van der Waals surface area contributed by atoms with Crippen LogP contribution in [0, 0.1) is 11.8 Å². The normalized spacial score (nSPS) is 40.5. The SMILES string of the molecule is CC1(C)CC(NC2CCCC3CCCC32)CC(C)(C)N1. The molecule has 0 bridgehead atoms. The predicted octanol–water partition coefficient (Wildman–Crippen LogP) is 3.85. The van der Waals surface area contributed by atoms with Crippen LogP contribution in [0.5, 0.6) is 0 Å². The maximum absolute atomic E-state index is 4.10. The van der Waals surface area contributed by atoms with Gasteiger partial charge in [0.25, 0.3) is 0 Å². The van der Waals surface area contributed by atoms with Crippen LogP contribution in [0.25, 0.3) is 0 Å². The van der Waals surface area contributed by atoms with Crippen LogP contribution >= 0.6 is 0 Å². The highest BCUT2D eigenvalue weighted by atomic mass is 15.1. The van der Waals surface area contributed by atoms with E-state index >= 15 is 0 Å². The Morgan fingerprint density at radius 1 is 0.850 bits per heavy atom. The second-order valence-corrected chi connectivity index (χ2v) is 9.06. The van der Waals surface area contributed by atoms with E-state index in [1.54, 1.807) is 0 Å². The molecule has 3 fully saturated rings. The van der Waals surface area contributed by atoms with Crippen LogP contribution in [0.4, 0.5) is 0 Å². The minimum Gasteiger partial charge on any atom is -0.311 e. The molecule has 2 saturated carbocycles. The van der Waals surface area contributed by atoms with E-state index in [1.807, 2.05) is 0 Å². The highest BCUT2D eigenvalue weighted by molar-refractivity contribution is 5.01. The molecule has 0 amide bonds. The van der Waals surface area contributed by atoms with E-state index in [2.05, 4.69) is 38.3 Å². The Labute approximate surface area is 125 Å². The Bertz CT molecular complexity index is 331. The van der Waals surface area contributed by atoms with Gasteiger partial charge in [-0.2, -0.15) is 0 Å². The largest absolute Gasteiger partial charge is 0.311 e. The molecule has 3 atom stereocenters. The van der Waals surface area contributed by atoms with Gasteiger partial charge in [-0.25, -0.2) is 0 Å². The van der Waals surface area contributed by atoms with Gasteiger partial charge >= 0.3 is 0 Å². The number of piperidine rings is 1. The van der Waals surface area contributed by atoms with Crippen molar-refractivity contribution in [3.05, 3.63) is 0 Å². The Morgan fingerprint density at radius 2 is 1.45 bits per heavy atom. The first-order chi connectivity index (χ1) is 9.35. The van der Waals surface area contributed by atoms with Crippen LogP contribution < -0.4 is 10.6 Å². The number of hydrogen-bond acceptors (Lipinski definition) is 2. The molecule has 1 heterocycles. The monoisotopic (exact) mass is 278 g/mol. The third kappa shape index (κ3) is 3.22. The molecule has 116 valence electrons. The van der Waals surface area contributed by atoms with Gasteiger partial charge in [0.1, 0.15) is 0 Å². The van der Waals surface area contributed by atoms with Crippen molar-refractivity contribution >= 4 is 0 Å². The summed E-state index contributed by atoms with van der Waals surface area (Å²) in [5.41, 5.74) is 0.534. The van der Waals surface area contributed by atoms with Crippen LogP contribution in [-0.4, -0.2) is 23.2 Å². The topological polar surface area (TPSA) is 24.1 Å². The lowest BCUT2D eigenvalue weighted by atomic mass is 9.75. The average Bonchev–Trinajstić information content (AvgIpc) is 2.73. The minimum atomic E-state index is 0.267. The maximum atomic E-state index is 4.10. The zero-order valence-corrected chi connectivity index (χ0v) is 14.0. The standard InChI is InChI=1S/C18H34N2/c1-17(2)11-14(12-18(3,4)20-17)19-16-10-6-8-13-7-5-9-15(13)16/h13-16,19-20H,5-12H2,1-4H3. The Balaban J connectivity index is 1.64. The molecule has 2 aliphatic carbocycles. The Kier molecular flexibility index (Phi) is 3.92. The molecule has 20 heavy (non-hydrogen) atoms. The van der Waals surface area contributed by atoms with Crippen LogP contribution in [0.15, 0.2) is 0 Å². The van der Waals surface area contributed by atoms with Gasteiger partial charge in [0.2, 0.25) is 0 Å². The van der Waals surface area contributed by atoms with Crippen molar-refractivity contribution in [1.82, 2.24) is 10.6 Å². The summed E-state index contributed by atoms with van der Waals surface area (Å²) in [6.45, 7) is 9.45. The fourth-order valence-electron chi connectivity index (χ4n) is 5.72. The molecule has 2 nitrogen and oxygen atoms in total. The summed E-state index contributed by atoms with van der Waals surface area (Å²) >= 11 is 0. The maximum Gasteiger partial charge on any atom is 0.0144 e. The second kappa shape index (κ2) is 5.28. The van der Waals surface area contributed by atoms with Crippen molar-refractivity contribution in [2.45, 2.75) is 102 Å². The summed E-state index contributed by atoms with van der Waals surface area (Å²) in [6.07, 6.45) is 11.4. The fourth-order valence-corrected chi connectivity index (χ4v) is 5.72. The summed E-state index contributed by atoms with van der Waals surface area (Å²) in [7, 11) is 0. The lowest BCUT2D eigenvalue weighted by Gasteiger charge is -2.48. The molecule has 2 N–H and O–H groups in total. The first-order valence-electron chi connectivity index (χ1n) is 8.90. The summed E-state index contributed by atoms with van der Waals surface area (Å²) in [5, 5.41) is 7.91. The van der Waals surface area contributed by atoms with Crippen LogP contribution in [0.1, 0.15) is 79.1 Å². The lowest BCUT2D eigenvalue weighted by molar-refractivity contribution is 0.115. The van der Waals surface area contributed by atoms with E-state index in [0.29, 0.717) is 6.04 Å². The molecule has 2 heteroatoms. The zero-order valence-electron chi connectivity index (χ0n) is 14.0. The lowest BCUT2D eigenvalue weighted by Crippen LogP contribution is -2.63. The molecule has 1 aliphatic heterocycles. The van der Waals surface area contributed by atoms with Crippen molar-refractivity contribution in [1.29, 1.82) is 0 Å². The molecular formula is C18H34N2. The molecule has 0 aromatic heterocycles. The van der Waals surface area contributed by atoms with Crippen molar-refractivity contribution in [2.75, 3.05) is 0 Å². The van der Waals surface area contributed by atoms with Crippen LogP contribution in [0.3, 0.4) is 0 Å². The van der Waals surface area contributed by atoms with E-state index in [0.717, 1.165) is 17.9 Å². The summed E-state index contributed by atoms with van der Waals surface area (Å²) in [5.74, 6) is 2.04. The highest BCUT2D eigenvalue weighted by Crippen LogP contribution is 2.43. The molecule has 0 spiro atoms. The quantitative estimate of drug-likeness (QED) is 0.801. The minimum absolute atomic E-state index is 0.267. The van der Waals surface area contributed by atoms with Gasteiger partial charge in [0.15, 0.2) is 0 Å². The first kappa shape index (κ1) is 14.8. The summed E-state index contributed by atoms with van der Waals surface area (Å²) in [4.78, 5) is 0. The predicted molar refractivity (Wildman–Crippen MR) is 85.9 cm³/mol. The average molecular weight is 278 g/mol. The zero-order chi connectivity index (χ0) is 14.4. The van der Waals surface area contributed by atoms with Crippen molar-refractivity contribution in [3.8, 4) is 0 Å². The number of rotatable bonds is 2. The smallest absolute Gasteiger partial charge is 0.0144 e. The first-order valence-corrected chi connectivity index (χ1v) is 8.90. The molecule has 1 saturated heterocycles. The van der Waals surface area contributed by atoms with Gasteiger partial charge in [-0.15, -0.1) is 0 Å². The van der Waals surface area contributed by atoms with E-state index in [9.17, 15) is 0 Å². The van der Waals surface area contributed by atoms with Crippen LogP contribution in [-0.2, 0) is 0 Å². The third-order valence-electron chi connectivity index (χ3n) is 5.96. The van der Waals surface area contributed by atoms with Gasteiger partial charge in [0, 0.05) is 23.2 Å². The second-order valence-electron chi connectivity index (χ2n) is 9.06. The van der Waals surface area contributed by atoms with Gasteiger partial charge in [-0.1, -0.05) is 25.7 Å².